The zero-order valence-electron chi connectivity index (χ0n) is 24.2. The average Bonchev–Trinajstić information content (AvgIpc) is 3.68. The van der Waals surface area contributed by atoms with Gasteiger partial charge in [0.05, 0.1) is 31.0 Å². The van der Waals surface area contributed by atoms with Gasteiger partial charge in [-0.1, -0.05) is 42.5 Å². The van der Waals surface area contributed by atoms with Crippen molar-refractivity contribution in [2.24, 2.45) is 0 Å². The standard InChI is InChI=1S/C32H37N5O5S/c1-43-15-12-27(31(40)41)36-30(39)28(16-23-6-3-2-4-7-23)42-21-32(13-5-14-35-32)29(38)17-26-19-34-22-37(26)20-25-10-8-24(18-33)9-11-25/h2-4,6-11,19,22,27-28,35H,5,12-17,20-21H2,1H3,(H,36,39)(H,40,41)/t27-,28?,32+/m1/s1. The summed E-state index contributed by atoms with van der Waals surface area (Å²) in [5.74, 6) is -1.08. The maximum Gasteiger partial charge on any atom is 0.326 e. The number of nitrogens with one attached hydrogen (secondary N) is 2. The van der Waals surface area contributed by atoms with Crippen molar-refractivity contribution in [3.05, 3.63) is 89.5 Å². The molecule has 3 N–H and O–H groups in total. The Morgan fingerprint density at radius 2 is 1.95 bits per heavy atom. The number of carbonyl (C=O) groups is 3. The predicted octanol–water partition coefficient (Wildman–Crippen LogP) is 2.99. The van der Waals surface area contributed by atoms with Gasteiger partial charge in [-0.25, -0.2) is 9.78 Å². The molecule has 1 unspecified atom stereocenters. The Morgan fingerprint density at radius 1 is 1.19 bits per heavy atom. The molecular weight excluding hydrogens is 566 g/mol. The third-order valence-electron chi connectivity index (χ3n) is 7.67. The van der Waals surface area contributed by atoms with Gasteiger partial charge in [0.1, 0.15) is 17.7 Å². The van der Waals surface area contributed by atoms with Crippen molar-refractivity contribution in [3.63, 3.8) is 0 Å². The minimum atomic E-state index is -1.09. The van der Waals surface area contributed by atoms with E-state index in [0.29, 0.717) is 37.2 Å². The smallest absolute Gasteiger partial charge is 0.326 e. The first-order valence-corrected chi connectivity index (χ1v) is 15.7. The third kappa shape index (κ3) is 8.76. The predicted molar refractivity (Wildman–Crippen MR) is 164 cm³/mol. The Labute approximate surface area is 255 Å². The van der Waals surface area contributed by atoms with Crippen LogP contribution < -0.4 is 10.6 Å². The molecule has 1 saturated heterocycles. The molecule has 0 bridgehead atoms. The molecule has 1 fully saturated rings. The van der Waals surface area contributed by atoms with Crippen molar-refractivity contribution in [2.75, 3.05) is 25.2 Å². The minimum Gasteiger partial charge on any atom is -0.480 e. The molecule has 4 rings (SSSR count). The van der Waals surface area contributed by atoms with Gasteiger partial charge in [0.2, 0.25) is 5.91 Å². The van der Waals surface area contributed by atoms with E-state index in [4.69, 9.17) is 10.00 Å². The number of imidazole rings is 1. The number of rotatable bonds is 16. The van der Waals surface area contributed by atoms with Gasteiger partial charge in [-0.05, 0) is 61.1 Å². The van der Waals surface area contributed by atoms with Crippen molar-refractivity contribution >= 4 is 29.4 Å². The highest BCUT2D eigenvalue weighted by Crippen LogP contribution is 2.25. The van der Waals surface area contributed by atoms with Crippen LogP contribution >= 0.6 is 11.8 Å². The summed E-state index contributed by atoms with van der Waals surface area (Å²) < 4.78 is 8.14. The number of thioether (sulfide) groups is 1. The number of nitrogens with zero attached hydrogens (tertiary/aromatic N) is 3. The van der Waals surface area contributed by atoms with Crippen molar-refractivity contribution in [1.29, 1.82) is 5.26 Å². The Hall–Kier alpha value is -3.98. The molecule has 0 saturated carbocycles. The molecule has 1 aliphatic rings. The fraction of sp³-hybridized carbons (Fsp3) is 0.406. The van der Waals surface area contributed by atoms with E-state index in [0.717, 1.165) is 23.2 Å². The van der Waals surface area contributed by atoms with E-state index < -0.39 is 29.6 Å². The fourth-order valence-electron chi connectivity index (χ4n) is 5.16. The molecule has 1 aromatic heterocycles. The zero-order chi connectivity index (χ0) is 30.7. The molecule has 3 atom stereocenters. The summed E-state index contributed by atoms with van der Waals surface area (Å²) in [6.45, 7) is 1.12. The number of aliphatic carboxylic acids is 1. The zero-order valence-corrected chi connectivity index (χ0v) is 25.0. The number of benzene rings is 2. The van der Waals surface area contributed by atoms with Crippen LogP contribution in [0.5, 0.6) is 0 Å². The van der Waals surface area contributed by atoms with Crippen LogP contribution in [-0.2, 0) is 38.5 Å². The number of hydrogen-bond acceptors (Lipinski definition) is 8. The number of carboxylic acid groups (broad SMARTS) is 1. The lowest BCUT2D eigenvalue weighted by atomic mass is 9.90. The molecule has 3 aromatic rings. The monoisotopic (exact) mass is 603 g/mol. The number of carboxylic acids is 1. The third-order valence-corrected chi connectivity index (χ3v) is 8.31. The highest BCUT2D eigenvalue weighted by molar-refractivity contribution is 7.98. The molecule has 0 aliphatic carbocycles. The van der Waals surface area contributed by atoms with Gasteiger partial charge >= 0.3 is 5.97 Å². The second kappa shape index (κ2) is 15.5. The Morgan fingerprint density at radius 3 is 2.60 bits per heavy atom. The number of Topliss-reactive ketones (excluding diaryl/α,β-unsaturated/α-hetero) is 1. The molecule has 226 valence electrons. The van der Waals surface area contributed by atoms with E-state index in [1.165, 1.54) is 11.8 Å². The van der Waals surface area contributed by atoms with Crippen LogP contribution in [0.25, 0.3) is 0 Å². The van der Waals surface area contributed by atoms with Crippen molar-refractivity contribution in [3.8, 4) is 6.07 Å². The first-order chi connectivity index (χ1) is 20.8. The molecule has 2 heterocycles. The van der Waals surface area contributed by atoms with E-state index >= 15 is 0 Å². The largest absolute Gasteiger partial charge is 0.480 e. The maximum atomic E-state index is 13.8. The van der Waals surface area contributed by atoms with Gasteiger partial charge < -0.3 is 25.0 Å². The SMILES string of the molecule is CSCC[C@@H](NC(=O)C(Cc1ccccc1)OC[C@]1(C(=O)Cc2cncn2Cc2ccc(C#N)cc2)CCCN1)C(=O)O. The summed E-state index contributed by atoms with van der Waals surface area (Å²) in [6, 6.07) is 17.8. The summed E-state index contributed by atoms with van der Waals surface area (Å²) in [7, 11) is 0. The molecule has 11 heteroatoms. The van der Waals surface area contributed by atoms with Crippen LogP contribution in [0.1, 0.15) is 41.6 Å². The topological polar surface area (TPSA) is 146 Å². The number of amides is 1. The molecule has 2 aromatic carbocycles. The van der Waals surface area contributed by atoms with Crippen LogP contribution in [0.4, 0.5) is 0 Å². The van der Waals surface area contributed by atoms with E-state index in [-0.39, 0.29) is 25.2 Å². The number of ether oxygens (including phenoxy) is 1. The summed E-state index contributed by atoms with van der Waals surface area (Å²) >= 11 is 1.51. The van der Waals surface area contributed by atoms with E-state index in [1.807, 2.05) is 53.3 Å². The lowest BCUT2D eigenvalue weighted by Gasteiger charge is -2.30. The van der Waals surface area contributed by atoms with Gasteiger partial charge in [-0.15, -0.1) is 0 Å². The number of carbonyl (C=O) groups excluding carboxylic acids is 2. The fourth-order valence-corrected chi connectivity index (χ4v) is 5.63. The molecule has 10 nitrogen and oxygen atoms in total. The van der Waals surface area contributed by atoms with Gasteiger partial charge in [0.25, 0.3) is 0 Å². The lowest BCUT2D eigenvalue weighted by Crippen LogP contribution is -2.54. The molecule has 1 aliphatic heterocycles. The lowest BCUT2D eigenvalue weighted by molar-refractivity contribution is -0.145. The van der Waals surface area contributed by atoms with Gasteiger partial charge in [-0.2, -0.15) is 17.0 Å². The normalized spacial score (nSPS) is 17.6. The van der Waals surface area contributed by atoms with E-state index in [2.05, 4.69) is 21.7 Å². The van der Waals surface area contributed by atoms with Crippen molar-refractivity contribution in [1.82, 2.24) is 20.2 Å². The Kier molecular flexibility index (Phi) is 11.5. The molecular formula is C32H37N5O5S. The minimum absolute atomic E-state index is 0.0247. The van der Waals surface area contributed by atoms with Gasteiger partial charge in [0, 0.05) is 24.9 Å². The van der Waals surface area contributed by atoms with Crippen molar-refractivity contribution in [2.45, 2.75) is 56.3 Å². The summed E-state index contributed by atoms with van der Waals surface area (Å²) in [4.78, 5) is 43.3. The maximum absolute atomic E-state index is 13.8. The quantitative estimate of drug-likeness (QED) is 0.225. The number of hydrogen-bond donors (Lipinski definition) is 3. The van der Waals surface area contributed by atoms with E-state index in [9.17, 15) is 19.5 Å². The highest BCUT2D eigenvalue weighted by atomic mass is 32.2. The highest BCUT2D eigenvalue weighted by Gasteiger charge is 2.42. The van der Waals surface area contributed by atoms with Gasteiger partial charge in [-0.3, -0.25) is 9.59 Å². The van der Waals surface area contributed by atoms with Crippen LogP contribution in [0.2, 0.25) is 0 Å². The summed E-state index contributed by atoms with van der Waals surface area (Å²) in [6.07, 6.45) is 6.26. The Bertz CT molecular complexity index is 1410. The number of ketones is 1. The average molecular weight is 604 g/mol. The van der Waals surface area contributed by atoms with E-state index in [1.54, 1.807) is 24.7 Å². The van der Waals surface area contributed by atoms with Crippen molar-refractivity contribution < 1.29 is 24.2 Å². The second-order valence-electron chi connectivity index (χ2n) is 10.7. The number of nitriles is 1. The van der Waals surface area contributed by atoms with Crippen LogP contribution in [-0.4, -0.2) is 75.2 Å². The van der Waals surface area contributed by atoms with Crippen LogP contribution in [0.3, 0.4) is 0 Å². The molecule has 1 amide bonds. The first kappa shape index (κ1) is 31.9. The first-order valence-electron chi connectivity index (χ1n) is 14.3. The molecule has 0 spiro atoms. The molecule has 43 heavy (non-hydrogen) atoms. The second-order valence-corrected chi connectivity index (χ2v) is 11.7. The summed E-state index contributed by atoms with van der Waals surface area (Å²) in [5, 5.41) is 24.7. The summed E-state index contributed by atoms with van der Waals surface area (Å²) in [5.41, 5.74) is 2.19. The Balaban J connectivity index is 1.47. The molecule has 0 radical (unpaired) electrons. The number of aromatic nitrogens is 2. The van der Waals surface area contributed by atoms with Gasteiger partial charge in [0.15, 0.2) is 5.78 Å². The van der Waals surface area contributed by atoms with Crippen LogP contribution in [0, 0.1) is 11.3 Å². The van der Waals surface area contributed by atoms with Crippen LogP contribution in [0.15, 0.2) is 67.1 Å².